The lowest BCUT2D eigenvalue weighted by molar-refractivity contribution is -0.0364. The van der Waals surface area contributed by atoms with Crippen LogP contribution in [0.25, 0.3) is 0 Å². The van der Waals surface area contributed by atoms with Crippen LogP contribution < -0.4 is 10.2 Å². The summed E-state index contributed by atoms with van der Waals surface area (Å²) in [5.41, 5.74) is 0.504. The maximum Gasteiger partial charge on any atom is 0.339 e. The summed E-state index contributed by atoms with van der Waals surface area (Å²) in [4.78, 5) is 18.4. The van der Waals surface area contributed by atoms with E-state index in [4.69, 9.17) is 9.47 Å². The van der Waals surface area contributed by atoms with Gasteiger partial charge in [0.2, 0.25) is 0 Å². The highest BCUT2D eigenvalue weighted by Gasteiger charge is 2.24. The van der Waals surface area contributed by atoms with Crippen LogP contribution in [0.3, 0.4) is 0 Å². The van der Waals surface area contributed by atoms with Crippen LogP contribution >= 0.6 is 0 Å². The molecule has 2 aliphatic rings. The molecule has 0 saturated carbocycles. The van der Waals surface area contributed by atoms with Crippen molar-refractivity contribution in [1.82, 2.24) is 10.3 Å². The zero-order valence-electron chi connectivity index (χ0n) is 14.4. The van der Waals surface area contributed by atoms with Gasteiger partial charge in [0.1, 0.15) is 5.82 Å². The maximum absolute atomic E-state index is 11.7. The molecule has 3 rings (SSSR count). The highest BCUT2D eigenvalue weighted by atomic mass is 16.5. The van der Waals surface area contributed by atoms with Crippen molar-refractivity contribution in [3.63, 3.8) is 0 Å². The highest BCUT2D eigenvalue weighted by molar-refractivity contribution is 5.89. The molecule has 6 nitrogen and oxygen atoms in total. The minimum Gasteiger partial charge on any atom is -0.462 e. The zero-order valence-corrected chi connectivity index (χ0v) is 14.4. The lowest BCUT2D eigenvalue weighted by atomic mass is 10.1. The summed E-state index contributed by atoms with van der Waals surface area (Å²) in [6, 6.07) is 3.69. The molecule has 2 aliphatic heterocycles. The van der Waals surface area contributed by atoms with Crippen LogP contribution in [-0.4, -0.2) is 55.9 Å². The van der Waals surface area contributed by atoms with Crippen LogP contribution in [-0.2, 0) is 9.47 Å². The average Bonchev–Trinajstić information content (AvgIpc) is 2.64. The molecular weight excluding hydrogens is 306 g/mol. The number of rotatable bonds is 5. The number of ether oxygens (including phenoxy) is 2. The van der Waals surface area contributed by atoms with Crippen molar-refractivity contribution in [2.45, 2.75) is 44.8 Å². The monoisotopic (exact) mass is 333 g/mol. The Morgan fingerprint density at radius 2 is 1.92 bits per heavy atom. The number of piperidine rings is 2. The second-order valence-corrected chi connectivity index (χ2v) is 6.40. The lowest BCUT2D eigenvalue weighted by Crippen LogP contribution is -2.41. The molecular formula is C18H27N3O3. The summed E-state index contributed by atoms with van der Waals surface area (Å²) in [5, 5.41) is 3.37. The summed E-state index contributed by atoms with van der Waals surface area (Å²) >= 11 is 0. The second kappa shape index (κ2) is 8.44. The number of nitrogens with one attached hydrogen (secondary N) is 1. The molecule has 0 radical (unpaired) electrons. The Balaban J connectivity index is 1.48. The molecule has 2 fully saturated rings. The van der Waals surface area contributed by atoms with Gasteiger partial charge >= 0.3 is 5.97 Å². The maximum atomic E-state index is 11.7. The van der Waals surface area contributed by atoms with Crippen molar-refractivity contribution in [2.75, 3.05) is 37.7 Å². The van der Waals surface area contributed by atoms with Crippen molar-refractivity contribution >= 4 is 11.8 Å². The standard InChI is InChI=1S/C18H27N3O3/c1-2-23-18(22)14-3-4-17(20-13-14)21-11-7-16(8-12-21)24-15-5-9-19-10-6-15/h3-4,13,15-16,19H,2,5-12H2,1H3. The van der Waals surface area contributed by atoms with Crippen LogP contribution in [0.4, 0.5) is 5.82 Å². The van der Waals surface area contributed by atoms with Crippen LogP contribution in [0.1, 0.15) is 43.0 Å². The van der Waals surface area contributed by atoms with E-state index in [1.54, 1.807) is 19.2 Å². The number of nitrogens with zero attached hydrogens (tertiary/aromatic N) is 2. The topological polar surface area (TPSA) is 63.7 Å². The molecule has 132 valence electrons. The quantitative estimate of drug-likeness (QED) is 0.832. The normalized spacial score (nSPS) is 20.1. The molecule has 0 bridgehead atoms. The molecule has 0 unspecified atom stereocenters. The zero-order chi connectivity index (χ0) is 16.8. The van der Waals surface area contributed by atoms with Gasteiger partial charge in [-0.3, -0.25) is 0 Å². The third kappa shape index (κ3) is 4.45. The fourth-order valence-electron chi connectivity index (χ4n) is 3.33. The van der Waals surface area contributed by atoms with E-state index in [2.05, 4.69) is 15.2 Å². The van der Waals surface area contributed by atoms with Gasteiger partial charge in [0, 0.05) is 19.3 Å². The molecule has 0 amide bonds. The lowest BCUT2D eigenvalue weighted by Gasteiger charge is -2.35. The molecule has 3 heterocycles. The average molecular weight is 333 g/mol. The van der Waals surface area contributed by atoms with Gasteiger partial charge in [0.25, 0.3) is 0 Å². The van der Waals surface area contributed by atoms with Crippen molar-refractivity contribution in [2.24, 2.45) is 0 Å². The van der Waals surface area contributed by atoms with E-state index >= 15 is 0 Å². The minimum atomic E-state index is -0.314. The van der Waals surface area contributed by atoms with Crippen molar-refractivity contribution < 1.29 is 14.3 Å². The Labute approximate surface area is 143 Å². The number of aromatic nitrogens is 1. The van der Waals surface area contributed by atoms with Gasteiger partial charge in [0.15, 0.2) is 0 Å². The molecule has 2 saturated heterocycles. The minimum absolute atomic E-state index is 0.314. The van der Waals surface area contributed by atoms with Crippen molar-refractivity contribution in [3.05, 3.63) is 23.9 Å². The predicted molar refractivity (Wildman–Crippen MR) is 92.4 cm³/mol. The summed E-state index contributed by atoms with van der Waals surface area (Å²) in [6.45, 7) is 6.21. The van der Waals surface area contributed by atoms with Crippen LogP contribution in [0, 0.1) is 0 Å². The Morgan fingerprint density at radius 1 is 1.21 bits per heavy atom. The molecule has 0 spiro atoms. The van der Waals surface area contributed by atoms with Gasteiger partial charge in [-0.15, -0.1) is 0 Å². The molecule has 0 atom stereocenters. The van der Waals surface area contributed by atoms with Crippen LogP contribution in [0.2, 0.25) is 0 Å². The molecule has 24 heavy (non-hydrogen) atoms. The number of hydrogen-bond acceptors (Lipinski definition) is 6. The Hall–Kier alpha value is -1.66. The first kappa shape index (κ1) is 17.2. The second-order valence-electron chi connectivity index (χ2n) is 6.40. The van der Waals surface area contributed by atoms with Crippen molar-refractivity contribution in [3.8, 4) is 0 Å². The SMILES string of the molecule is CCOC(=O)c1ccc(N2CCC(OC3CCNCC3)CC2)nc1. The number of carbonyl (C=O) groups is 1. The van der Waals surface area contributed by atoms with Crippen LogP contribution in [0.15, 0.2) is 18.3 Å². The van der Waals surface area contributed by atoms with E-state index in [-0.39, 0.29) is 5.97 Å². The summed E-state index contributed by atoms with van der Waals surface area (Å²) < 4.78 is 11.2. The third-order valence-electron chi connectivity index (χ3n) is 4.70. The number of hydrogen-bond donors (Lipinski definition) is 1. The fraction of sp³-hybridized carbons (Fsp3) is 0.667. The van der Waals surface area contributed by atoms with Gasteiger partial charge in [-0.25, -0.2) is 9.78 Å². The molecule has 0 aromatic carbocycles. The van der Waals surface area contributed by atoms with E-state index in [0.29, 0.717) is 24.4 Å². The van der Waals surface area contributed by atoms with E-state index in [0.717, 1.165) is 57.7 Å². The Kier molecular flexibility index (Phi) is 6.04. The molecule has 1 aromatic heterocycles. The molecule has 0 aliphatic carbocycles. The number of anilines is 1. The van der Waals surface area contributed by atoms with E-state index in [1.807, 2.05) is 6.07 Å². The summed E-state index contributed by atoms with van der Waals surface area (Å²) in [7, 11) is 0. The van der Waals surface area contributed by atoms with Gasteiger partial charge in [-0.1, -0.05) is 0 Å². The smallest absolute Gasteiger partial charge is 0.339 e. The third-order valence-corrected chi connectivity index (χ3v) is 4.70. The van der Waals surface area contributed by atoms with Crippen LogP contribution in [0.5, 0.6) is 0 Å². The predicted octanol–water partition coefficient (Wildman–Crippen LogP) is 2.00. The number of carbonyl (C=O) groups excluding carboxylic acids is 1. The van der Waals surface area contributed by atoms with E-state index < -0.39 is 0 Å². The highest BCUT2D eigenvalue weighted by Crippen LogP contribution is 2.22. The molecule has 1 aromatic rings. The Bertz CT molecular complexity index is 521. The van der Waals surface area contributed by atoms with Gasteiger partial charge in [-0.2, -0.15) is 0 Å². The van der Waals surface area contributed by atoms with Crippen molar-refractivity contribution in [1.29, 1.82) is 0 Å². The van der Waals surface area contributed by atoms with Gasteiger partial charge in [-0.05, 0) is 57.8 Å². The Morgan fingerprint density at radius 3 is 2.54 bits per heavy atom. The first-order valence-corrected chi connectivity index (χ1v) is 9.00. The summed E-state index contributed by atoms with van der Waals surface area (Å²) in [5.74, 6) is 0.606. The number of esters is 1. The molecule has 6 heteroatoms. The van der Waals surface area contributed by atoms with Gasteiger partial charge in [0.05, 0.1) is 24.4 Å². The van der Waals surface area contributed by atoms with E-state index in [9.17, 15) is 4.79 Å². The fourth-order valence-corrected chi connectivity index (χ4v) is 3.33. The molecule has 1 N–H and O–H groups in total. The first-order valence-electron chi connectivity index (χ1n) is 9.00. The number of pyridine rings is 1. The van der Waals surface area contributed by atoms with Gasteiger partial charge < -0.3 is 19.7 Å². The largest absolute Gasteiger partial charge is 0.462 e. The van der Waals surface area contributed by atoms with E-state index in [1.165, 1.54) is 0 Å². The summed E-state index contributed by atoms with van der Waals surface area (Å²) in [6.07, 6.45) is 6.70. The first-order chi connectivity index (χ1) is 11.8.